The predicted octanol–water partition coefficient (Wildman–Crippen LogP) is 4.19. The molecule has 0 unspecified atom stereocenters. The lowest BCUT2D eigenvalue weighted by atomic mass is 9.98. The molecule has 0 aliphatic heterocycles. The topological polar surface area (TPSA) is 47.6 Å². The van der Waals surface area contributed by atoms with Crippen LogP contribution in [0, 0.1) is 22.7 Å². The van der Waals surface area contributed by atoms with Crippen molar-refractivity contribution in [1.29, 1.82) is 10.5 Å². The van der Waals surface area contributed by atoms with E-state index in [2.05, 4.69) is 26.5 Å². The first-order chi connectivity index (χ1) is 8.58. The summed E-state index contributed by atoms with van der Waals surface area (Å²) < 4.78 is 0. The minimum Gasteiger partial charge on any atom is -0.192 e. The molecule has 0 aromatic heterocycles. The van der Waals surface area contributed by atoms with Crippen molar-refractivity contribution < 1.29 is 0 Å². The van der Waals surface area contributed by atoms with Crippen LogP contribution in [0.2, 0.25) is 0 Å². The van der Waals surface area contributed by atoms with Crippen LogP contribution in [0.25, 0.3) is 5.57 Å². The van der Waals surface area contributed by atoms with Gasteiger partial charge in [-0.1, -0.05) is 24.3 Å². The third-order valence-electron chi connectivity index (χ3n) is 2.67. The van der Waals surface area contributed by atoms with Gasteiger partial charge >= 0.3 is 0 Å². The van der Waals surface area contributed by atoms with Crippen molar-refractivity contribution in [1.82, 2.24) is 0 Å². The monoisotopic (exact) mass is 236 g/mol. The van der Waals surface area contributed by atoms with Gasteiger partial charge in [0.05, 0.1) is 11.1 Å². The maximum Gasteiger partial charge on any atom is 0.101 e. The largest absolute Gasteiger partial charge is 0.192 e. The van der Waals surface area contributed by atoms with E-state index in [4.69, 9.17) is 10.5 Å². The second kappa shape index (κ2) is 6.42. The van der Waals surface area contributed by atoms with Crippen LogP contribution in [0.5, 0.6) is 0 Å². The molecular weight excluding hydrogens is 220 g/mol. The second-order valence-electron chi connectivity index (χ2n) is 4.41. The predicted molar refractivity (Wildman–Crippen MR) is 73.6 cm³/mol. The highest BCUT2D eigenvalue weighted by atomic mass is 14.3. The van der Waals surface area contributed by atoms with Crippen LogP contribution in [-0.4, -0.2) is 0 Å². The number of nitriles is 2. The number of rotatable bonds is 4. The molecule has 0 atom stereocenters. The Morgan fingerprint density at radius 3 is 2.44 bits per heavy atom. The van der Waals surface area contributed by atoms with Crippen LogP contribution in [0.4, 0.5) is 0 Å². The Bertz CT molecular complexity index is 562. The van der Waals surface area contributed by atoms with Crippen LogP contribution in [0.3, 0.4) is 0 Å². The summed E-state index contributed by atoms with van der Waals surface area (Å²) in [5.74, 6) is 0. The quantitative estimate of drug-likeness (QED) is 0.736. The molecule has 1 aromatic rings. The molecule has 2 heteroatoms. The highest BCUT2D eigenvalue weighted by Crippen LogP contribution is 2.21. The highest BCUT2D eigenvalue weighted by molar-refractivity contribution is 5.66. The number of hydrogen-bond donors (Lipinski definition) is 0. The van der Waals surface area contributed by atoms with Gasteiger partial charge in [0, 0.05) is 0 Å². The van der Waals surface area contributed by atoms with Crippen molar-refractivity contribution in [2.45, 2.75) is 26.7 Å². The standard InChI is InChI=1S/C16H16N2/c1-12(2)5-4-6-13(3)14-7-8-15(10-17)16(9-14)11-18/h5,7-9H,3-4,6H2,1-2H3. The molecule has 18 heavy (non-hydrogen) atoms. The van der Waals surface area contributed by atoms with Gasteiger partial charge in [0.15, 0.2) is 0 Å². The van der Waals surface area contributed by atoms with Crippen molar-refractivity contribution in [3.8, 4) is 12.1 Å². The molecule has 0 bridgehead atoms. The molecule has 2 nitrogen and oxygen atoms in total. The van der Waals surface area contributed by atoms with Crippen LogP contribution >= 0.6 is 0 Å². The van der Waals surface area contributed by atoms with Gasteiger partial charge in [0.1, 0.15) is 12.1 Å². The minimum atomic E-state index is 0.415. The van der Waals surface area contributed by atoms with Crippen molar-refractivity contribution in [3.63, 3.8) is 0 Å². The summed E-state index contributed by atoms with van der Waals surface area (Å²) in [6.45, 7) is 8.17. The Morgan fingerprint density at radius 2 is 1.89 bits per heavy atom. The molecule has 90 valence electrons. The molecule has 1 aromatic carbocycles. The Balaban J connectivity index is 2.86. The van der Waals surface area contributed by atoms with Crippen LogP contribution in [0.15, 0.2) is 36.4 Å². The van der Waals surface area contributed by atoms with E-state index in [0.717, 1.165) is 24.0 Å². The number of hydrogen-bond acceptors (Lipinski definition) is 2. The molecule has 0 saturated carbocycles. The zero-order valence-electron chi connectivity index (χ0n) is 10.8. The Morgan fingerprint density at radius 1 is 1.22 bits per heavy atom. The van der Waals surface area contributed by atoms with Crippen molar-refractivity contribution in [2.75, 3.05) is 0 Å². The Kier molecular flexibility index (Phi) is 4.90. The molecular formula is C16H16N2. The van der Waals surface area contributed by atoms with E-state index >= 15 is 0 Å². The zero-order valence-corrected chi connectivity index (χ0v) is 10.8. The first kappa shape index (κ1) is 13.7. The first-order valence-corrected chi connectivity index (χ1v) is 5.84. The fourth-order valence-electron chi connectivity index (χ4n) is 1.63. The van der Waals surface area contributed by atoms with Crippen molar-refractivity contribution >= 4 is 5.57 Å². The lowest BCUT2D eigenvalue weighted by molar-refractivity contribution is 1.05. The number of allylic oxidation sites excluding steroid dienone is 3. The molecule has 0 saturated heterocycles. The van der Waals surface area contributed by atoms with Gasteiger partial charge in [0.25, 0.3) is 0 Å². The molecule has 0 aliphatic rings. The van der Waals surface area contributed by atoms with E-state index in [1.807, 2.05) is 18.2 Å². The molecule has 0 aliphatic carbocycles. The first-order valence-electron chi connectivity index (χ1n) is 5.84. The van der Waals surface area contributed by atoms with Gasteiger partial charge in [-0.05, 0) is 50.0 Å². The van der Waals surface area contributed by atoms with Crippen LogP contribution in [-0.2, 0) is 0 Å². The molecule has 0 radical (unpaired) electrons. The highest BCUT2D eigenvalue weighted by Gasteiger charge is 2.05. The van der Waals surface area contributed by atoms with Gasteiger partial charge in [-0.25, -0.2) is 0 Å². The summed E-state index contributed by atoms with van der Waals surface area (Å²) >= 11 is 0. The average Bonchev–Trinajstić information content (AvgIpc) is 2.37. The lowest BCUT2D eigenvalue weighted by Crippen LogP contribution is -1.89. The summed E-state index contributed by atoms with van der Waals surface area (Å²) in [4.78, 5) is 0. The smallest absolute Gasteiger partial charge is 0.101 e. The fraction of sp³-hybridized carbons (Fsp3) is 0.250. The molecule has 1 rings (SSSR count). The van der Waals surface area contributed by atoms with E-state index in [0.29, 0.717) is 11.1 Å². The Labute approximate surface area is 108 Å². The van der Waals surface area contributed by atoms with Crippen molar-refractivity contribution in [2.24, 2.45) is 0 Å². The summed E-state index contributed by atoms with van der Waals surface area (Å²) in [6.07, 6.45) is 3.98. The molecule has 0 heterocycles. The van der Waals surface area contributed by atoms with Crippen LogP contribution in [0.1, 0.15) is 43.4 Å². The van der Waals surface area contributed by atoms with Crippen molar-refractivity contribution in [3.05, 3.63) is 53.1 Å². The van der Waals surface area contributed by atoms with Gasteiger partial charge in [-0.15, -0.1) is 0 Å². The fourth-order valence-corrected chi connectivity index (χ4v) is 1.63. The maximum absolute atomic E-state index is 8.96. The molecule has 0 amide bonds. The van der Waals surface area contributed by atoms with Gasteiger partial charge in [0.2, 0.25) is 0 Å². The summed E-state index contributed by atoms with van der Waals surface area (Å²) in [6, 6.07) is 9.32. The lowest BCUT2D eigenvalue weighted by Gasteiger charge is -2.05. The van der Waals surface area contributed by atoms with E-state index < -0.39 is 0 Å². The van der Waals surface area contributed by atoms with Gasteiger partial charge in [-0.2, -0.15) is 10.5 Å². The van der Waals surface area contributed by atoms with E-state index in [-0.39, 0.29) is 0 Å². The molecule has 0 fully saturated rings. The zero-order chi connectivity index (χ0) is 13.5. The third kappa shape index (κ3) is 3.61. The third-order valence-corrected chi connectivity index (χ3v) is 2.67. The minimum absolute atomic E-state index is 0.415. The van der Waals surface area contributed by atoms with E-state index in [1.54, 1.807) is 12.1 Å². The average molecular weight is 236 g/mol. The normalized spacial score (nSPS) is 9.11. The van der Waals surface area contributed by atoms with E-state index in [9.17, 15) is 0 Å². The summed E-state index contributed by atoms with van der Waals surface area (Å²) in [5, 5.41) is 17.8. The van der Waals surface area contributed by atoms with Gasteiger partial charge in [-0.3, -0.25) is 0 Å². The summed E-state index contributed by atoms with van der Waals surface area (Å²) in [5.41, 5.74) is 4.05. The molecule has 0 N–H and O–H groups in total. The molecule has 0 spiro atoms. The SMILES string of the molecule is C=C(CCC=C(C)C)c1ccc(C#N)c(C#N)c1. The maximum atomic E-state index is 8.96. The van der Waals surface area contributed by atoms with Gasteiger partial charge < -0.3 is 0 Å². The van der Waals surface area contributed by atoms with E-state index in [1.165, 1.54) is 5.57 Å². The number of benzene rings is 1. The Hall–Kier alpha value is -2.32. The second-order valence-corrected chi connectivity index (χ2v) is 4.41. The summed E-state index contributed by atoms with van der Waals surface area (Å²) in [7, 11) is 0. The number of nitrogens with zero attached hydrogens (tertiary/aromatic N) is 2. The van der Waals surface area contributed by atoms with Crippen LogP contribution < -0.4 is 0 Å².